The smallest absolute Gasteiger partial charge is 0.265 e. The van der Waals surface area contributed by atoms with Crippen molar-refractivity contribution in [2.75, 3.05) is 0 Å². The predicted octanol–water partition coefficient (Wildman–Crippen LogP) is 13.7. The summed E-state index contributed by atoms with van der Waals surface area (Å²) in [5.41, 5.74) is 12.2. The molecule has 0 radical (unpaired) electrons. The normalized spacial score (nSPS) is 11.8. The van der Waals surface area contributed by atoms with E-state index in [1.165, 1.54) is 0 Å². The van der Waals surface area contributed by atoms with Gasteiger partial charge in [-0.15, -0.1) is 0 Å². The van der Waals surface area contributed by atoms with Crippen molar-refractivity contribution >= 4 is 65.3 Å². The largest absolute Gasteiger partial charge is 0.308 e. The molecule has 0 spiro atoms. The van der Waals surface area contributed by atoms with Gasteiger partial charge in [-0.3, -0.25) is 9.36 Å². The molecule has 3 aromatic heterocycles. The third-order valence-corrected chi connectivity index (χ3v) is 12.1. The molecule has 0 aliphatic rings. The fourth-order valence-corrected chi connectivity index (χ4v) is 9.50. The molecule has 4 heteroatoms. The van der Waals surface area contributed by atoms with Crippen LogP contribution in [0.1, 0.15) is 0 Å². The van der Waals surface area contributed by atoms with Gasteiger partial charge in [-0.25, -0.2) is 0 Å². The minimum absolute atomic E-state index is 0.0656. The number of rotatable bonds is 5. The van der Waals surface area contributed by atoms with E-state index in [4.69, 9.17) is 0 Å². The van der Waals surface area contributed by atoms with Crippen molar-refractivity contribution in [3.63, 3.8) is 0 Å². The molecule has 0 aliphatic heterocycles. The molecule has 0 fully saturated rings. The zero-order chi connectivity index (χ0) is 39.0. The summed E-state index contributed by atoms with van der Waals surface area (Å²) in [4.78, 5) is 16.2. The summed E-state index contributed by atoms with van der Waals surface area (Å²) < 4.78 is 6.64. The number of hydrogen-bond donors (Lipinski definition) is 0. The zero-order valence-corrected chi connectivity index (χ0v) is 32.0. The van der Waals surface area contributed by atoms with Crippen molar-refractivity contribution < 1.29 is 0 Å². The molecular weight excluding hydrogens is 719 g/mol. The average molecular weight is 754 g/mol. The lowest BCUT2D eigenvalue weighted by molar-refractivity contribution is 1.06. The average Bonchev–Trinajstić information content (AvgIpc) is 3.83. The van der Waals surface area contributed by atoms with E-state index in [0.717, 1.165) is 99.2 Å². The number of para-hydroxylation sites is 4. The highest BCUT2D eigenvalue weighted by atomic mass is 16.1. The summed E-state index contributed by atoms with van der Waals surface area (Å²) in [6.07, 6.45) is 0. The van der Waals surface area contributed by atoms with Crippen LogP contribution < -0.4 is 5.56 Å². The lowest BCUT2D eigenvalue weighted by atomic mass is 9.99. The monoisotopic (exact) mass is 753 g/mol. The predicted molar refractivity (Wildman–Crippen MR) is 247 cm³/mol. The fraction of sp³-hybridized carbons (Fsp3) is 0. The Balaban J connectivity index is 1.29. The van der Waals surface area contributed by atoms with Gasteiger partial charge in [0.15, 0.2) is 0 Å². The standard InChI is InChI=1S/C55H35N3O/c59-55-51-44(32-33-45-42-23-12-15-27-50(42)58(52(45)51)48-25-13-10-22-41(48)38-18-6-2-7-19-38)47-35-34-46-43-24-11-14-26-49(43)56(39-20-8-3-9-21-39)53(46)54(47)57(55)40-30-28-37(29-31-40)36-16-4-1-5-17-36/h1-35H. The summed E-state index contributed by atoms with van der Waals surface area (Å²) in [6.45, 7) is 0. The number of aromatic nitrogens is 3. The van der Waals surface area contributed by atoms with Crippen LogP contribution in [0.5, 0.6) is 0 Å². The third-order valence-electron chi connectivity index (χ3n) is 12.1. The third kappa shape index (κ3) is 4.93. The molecule has 0 amide bonds. The van der Waals surface area contributed by atoms with Crippen molar-refractivity contribution in [3.05, 3.63) is 223 Å². The van der Waals surface area contributed by atoms with Gasteiger partial charge in [0.2, 0.25) is 0 Å². The summed E-state index contributed by atoms with van der Waals surface area (Å²) in [5.74, 6) is 0. The van der Waals surface area contributed by atoms with Crippen molar-refractivity contribution in [1.82, 2.24) is 13.7 Å². The maximum absolute atomic E-state index is 16.2. The van der Waals surface area contributed by atoms with E-state index in [2.05, 4.69) is 203 Å². The molecule has 276 valence electrons. The second-order valence-electron chi connectivity index (χ2n) is 15.2. The summed E-state index contributed by atoms with van der Waals surface area (Å²) >= 11 is 0. The number of nitrogens with zero attached hydrogens (tertiary/aromatic N) is 3. The Bertz CT molecular complexity index is 3650. The molecule has 4 nitrogen and oxygen atoms in total. The lowest BCUT2D eigenvalue weighted by Crippen LogP contribution is -2.20. The second kappa shape index (κ2) is 13.1. The number of benzene rings is 9. The van der Waals surface area contributed by atoms with E-state index >= 15 is 4.79 Å². The van der Waals surface area contributed by atoms with E-state index in [-0.39, 0.29) is 5.56 Å². The van der Waals surface area contributed by atoms with Gasteiger partial charge in [-0.05, 0) is 64.5 Å². The van der Waals surface area contributed by atoms with E-state index < -0.39 is 0 Å². The van der Waals surface area contributed by atoms with Gasteiger partial charge in [0.1, 0.15) is 0 Å². The highest BCUT2D eigenvalue weighted by Crippen LogP contribution is 2.43. The Kier molecular flexibility index (Phi) is 7.35. The van der Waals surface area contributed by atoms with Crippen molar-refractivity contribution in [2.45, 2.75) is 0 Å². The van der Waals surface area contributed by atoms with Gasteiger partial charge >= 0.3 is 0 Å². The molecule has 0 N–H and O–H groups in total. The highest BCUT2D eigenvalue weighted by Gasteiger charge is 2.25. The molecule has 59 heavy (non-hydrogen) atoms. The molecule has 9 aromatic carbocycles. The molecule has 0 saturated carbocycles. The van der Waals surface area contributed by atoms with Crippen LogP contribution in [0.25, 0.3) is 105 Å². The SMILES string of the molecule is O=c1c2c(ccc3c4ccccc4n(-c4ccccc4-c4ccccc4)c32)c2ccc3c4ccccc4n(-c4ccccc4)c3c2n1-c1ccc(-c2ccccc2)cc1. The molecule has 0 aliphatic carbocycles. The number of fused-ring (bicyclic) bond motifs is 11. The van der Waals surface area contributed by atoms with Gasteiger partial charge in [-0.1, -0.05) is 170 Å². The Morgan fingerprint density at radius 1 is 0.288 bits per heavy atom. The number of hydrogen-bond acceptors (Lipinski definition) is 1. The van der Waals surface area contributed by atoms with Gasteiger partial charge in [-0.2, -0.15) is 0 Å². The first-order valence-electron chi connectivity index (χ1n) is 20.1. The highest BCUT2D eigenvalue weighted by molar-refractivity contribution is 6.27. The molecule has 0 atom stereocenters. The Hall–Kier alpha value is -7.95. The molecular formula is C55H35N3O. The van der Waals surface area contributed by atoms with Crippen LogP contribution in [0, 0.1) is 0 Å². The van der Waals surface area contributed by atoms with Crippen LogP contribution >= 0.6 is 0 Å². The van der Waals surface area contributed by atoms with Crippen molar-refractivity contribution in [3.8, 4) is 39.3 Å². The van der Waals surface area contributed by atoms with Crippen molar-refractivity contribution in [1.29, 1.82) is 0 Å². The van der Waals surface area contributed by atoms with Crippen LogP contribution in [-0.2, 0) is 0 Å². The Labute approximate surface area is 339 Å². The minimum atomic E-state index is -0.0656. The topological polar surface area (TPSA) is 31.9 Å². The summed E-state index contributed by atoms with van der Waals surface area (Å²) in [5, 5.41) is 6.99. The minimum Gasteiger partial charge on any atom is -0.308 e. The van der Waals surface area contributed by atoms with Gasteiger partial charge < -0.3 is 9.13 Å². The lowest BCUT2D eigenvalue weighted by Gasteiger charge is -2.19. The fourth-order valence-electron chi connectivity index (χ4n) is 9.50. The van der Waals surface area contributed by atoms with Crippen molar-refractivity contribution in [2.24, 2.45) is 0 Å². The van der Waals surface area contributed by atoms with E-state index in [0.29, 0.717) is 5.39 Å². The van der Waals surface area contributed by atoms with Crippen LogP contribution in [0.2, 0.25) is 0 Å². The molecule has 12 rings (SSSR count). The van der Waals surface area contributed by atoms with E-state index in [1.807, 2.05) is 22.8 Å². The maximum atomic E-state index is 16.2. The summed E-state index contributed by atoms with van der Waals surface area (Å²) in [7, 11) is 0. The Morgan fingerprint density at radius 2 is 0.746 bits per heavy atom. The van der Waals surface area contributed by atoms with Gasteiger partial charge in [0, 0.05) is 43.9 Å². The first kappa shape index (κ1) is 33.2. The second-order valence-corrected chi connectivity index (χ2v) is 15.2. The van der Waals surface area contributed by atoms with Gasteiger partial charge in [0.25, 0.3) is 5.56 Å². The van der Waals surface area contributed by atoms with Crippen LogP contribution in [-0.4, -0.2) is 13.7 Å². The Morgan fingerprint density at radius 3 is 1.42 bits per heavy atom. The quantitative estimate of drug-likeness (QED) is 0.161. The zero-order valence-electron chi connectivity index (χ0n) is 32.0. The molecule has 12 aromatic rings. The molecule has 3 heterocycles. The van der Waals surface area contributed by atoms with E-state index in [9.17, 15) is 0 Å². The molecule has 0 unspecified atom stereocenters. The maximum Gasteiger partial charge on any atom is 0.265 e. The molecule has 0 bridgehead atoms. The molecule has 0 saturated heterocycles. The van der Waals surface area contributed by atoms with Gasteiger partial charge in [0.05, 0.1) is 38.7 Å². The summed E-state index contributed by atoms with van der Waals surface area (Å²) in [6, 6.07) is 74.4. The number of pyridine rings is 1. The first-order chi connectivity index (χ1) is 29.2. The van der Waals surface area contributed by atoms with E-state index in [1.54, 1.807) is 0 Å². The first-order valence-corrected chi connectivity index (χ1v) is 20.1. The van der Waals surface area contributed by atoms with Crippen LogP contribution in [0.4, 0.5) is 0 Å². The van der Waals surface area contributed by atoms with Crippen LogP contribution in [0.3, 0.4) is 0 Å². The van der Waals surface area contributed by atoms with Crippen LogP contribution in [0.15, 0.2) is 217 Å².